The van der Waals surface area contributed by atoms with Crippen LogP contribution in [0, 0.1) is 5.92 Å². The Hall–Kier alpha value is -1.10. The average molecular weight is 214 g/mol. The Morgan fingerprint density at radius 3 is 2.33 bits per heavy atom. The van der Waals surface area contributed by atoms with Gasteiger partial charge < -0.3 is 15.3 Å². The van der Waals surface area contributed by atoms with Crippen molar-refractivity contribution in [3.8, 4) is 0 Å². The van der Waals surface area contributed by atoms with Crippen LogP contribution in [-0.2, 0) is 9.59 Å². The van der Waals surface area contributed by atoms with Gasteiger partial charge in [0.2, 0.25) is 5.91 Å². The molecule has 5 nitrogen and oxygen atoms in total. The van der Waals surface area contributed by atoms with Crippen molar-refractivity contribution in [3.63, 3.8) is 0 Å². The minimum atomic E-state index is -1.13. The number of aliphatic carboxylic acids is 1. The molecular weight excluding hydrogens is 196 g/mol. The first-order chi connectivity index (χ1) is 6.85. The standard InChI is InChI=1S/C10H18N2O3/c1-10(2,9(14)15)12(3)8(13)4-7-5-11-6-7/h7,11H,4-6H2,1-3H3,(H,14,15). The summed E-state index contributed by atoms with van der Waals surface area (Å²) in [5, 5.41) is 12.0. The van der Waals surface area contributed by atoms with Gasteiger partial charge in [-0.3, -0.25) is 4.79 Å². The molecule has 2 N–H and O–H groups in total. The van der Waals surface area contributed by atoms with E-state index in [0.29, 0.717) is 12.3 Å². The number of hydrogen-bond donors (Lipinski definition) is 2. The summed E-state index contributed by atoms with van der Waals surface area (Å²) in [4.78, 5) is 24.0. The highest BCUT2D eigenvalue weighted by molar-refractivity contribution is 5.86. The normalized spacial score (nSPS) is 17.0. The topological polar surface area (TPSA) is 69.6 Å². The third-order valence-corrected chi connectivity index (χ3v) is 3.07. The molecule has 0 aromatic rings. The van der Waals surface area contributed by atoms with E-state index in [1.54, 1.807) is 7.05 Å². The van der Waals surface area contributed by atoms with Crippen LogP contribution in [0.2, 0.25) is 0 Å². The molecule has 5 heteroatoms. The molecule has 1 aliphatic heterocycles. The van der Waals surface area contributed by atoms with Crippen LogP contribution < -0.4 is 5.32 Å². The average Bonchev–Trinajstić information content (AvgIpc) is 2.09. The molecule has 15 heavy (non-hydrogen) atoms. The van der Waals surface area contributed by atoms with Crippen LogP contribution in [0.4, 0.5) is 0 Å². The first-order valence-corrected chi connectivity index (χ1v) is 5.06. The molecule has 1 fully saturated rings. The summed E-state index contributed by atoms with van der Waals surface area (Å²) in [6.07, 6.45) is 0.431. The number of rotatable bonds is 4. The van der Waals surface area contributed by atoms with Gasteiger partial charge in [0, 0.05) is 13.5 Å². The van der Waals surface area contributed by atoms with E-state index in [-0.39, 0.29) is 5.91 Å². The van der Waals surface area contributed by atoms with Crippen molar-refractivity contribution in [1.29, 1.82) is 0 Å². The van der Waals surface area contributed by atoms with Crippen LogP contribution >= 0.6 is 0 Å². The maximum Gasteiger partial charge on any atom is 0.329 e. The van der Waals surface area contributed by atoms with Crippen molar-refractivity contribution < 1.29 is 14.7 Å². The first kappa shape index (κ1) is 12.0. The van der Waals surface area contributed by atoms with Gasteiger partial charge in [0.25, 0.3) is 0 Å². The number of likely N-dealkylation sites (N-methyl/N-ethyl adjacent to an activating group) is 1. The molecule has 0 aromatic heterocycles. The fourth-order valence-electron chi connectivity index (χ4n) is 1.33. The number of nitrogens with one attached hydrogen (secondary N) is 1. The van der Waals surface area contributed by atoms with Crippen LogP contribution in [0.25, 0.3) is 0 Å². The molecule has 0 aliphatic carbocycles. The van der Waals surface area contributed by atoms with Gasteiger partial charge >= 0.3 is 5.97 Å². The van der Waals surface area contributed by atoms with Crippen LogP contribution in [0.15, 0.2) is 0 Å². The second kappa shape index (κ2) is 4.18. The van der Waals surface area contributed by atoms with Crippen LogP contribution in [0.5, 0.6) is 0 Å². The van der Waals surface area contributed by atoms with Crippen molar-refractivity contribution in [1.82, 2.24) is 10.2 Å². The number of hydrogen-bond acceptors (Lipinski definition) is 3. The van der Waals surface area contributed by atoms with Crippen LogP contribution in [0.1, 0.15) is 20.3 Å². The Bertz CT molecular complexity index is 272. The van der Waals surface area contributed by atoms with E-state index in [2.05, 4.69) is 5.32 Å². The smallest absolute Gasteiger partial charge is 0.329 e. The molecule has 0 aromatic carbocycles. The number of carboxylic acids is 1. The Balaban J connectivity index is 2.54. The maximum absolute atomic E-state index is 11.7. The largest absolute Gasteiger partial charge is 0.480 e. The zero-order valence-electron chi connectivity index (χ0n) is 9.41. The zero-order chi connectivity index (χ0) is 11.6. The summed E-state index contributed by atoms with van der Waals surface area (Å²) in [6, 6.07) is 0. The zero-order valence-corrected chi connectivity index (χ0v) is 9.41. The molecule has 1 amide bonds. The van der Waals surface area contributed by atoms with Gasteiger partial charge in [0.15, 0.2) is 0 Å². The fraction of sp³-hybridized carbons (Fsp3) is 0.800. The van der Waals surface area contributed by atoms with Gasteiger partial charge in [-0.1, -0.05) is 0 Å². The number of carboxylic acid groups (broad SMARTS) is 1. The lowest BCUT2D eigenvalue weighted by molar-refractivity contribution is -0.155. The third-order valence-electron chi connectivity index (χ3n) is 3.07. The van der Waals surface area contributed by atoms with E-state index < -0.39 is 11.5 Å². The molecule has 1 rings (SSSR count). The Kier molecular flexibility index (Phi) is 3.34. The fourth-order valence-corrected chi connectivity index (χ4v) is 1.33. The van der Waals surface area contributed by atoms with Gasteiger partial charge in [-0.05, 0) is 32.9 Å². The Morgan fingerprint density at radius 2 is 2.00 bits per heavy atom. The number of nitrogens with zero attached hydrogens (tertiary/aromatic N) is 1. The molecule has 0 unspecified atom stereocenters. The van der Waals surface area contributed by atoms with Crippen molar-refractivity contribution in [2.75, 3.05) is 20.1 Å². The summed E-state index contributed by atoms with van der Waals surface area (Å²) < 4.78 is 0. The van der Waals surface area contributed by atoms with Crippen molar-refractivity contribution in [2.24, 2.45) is 5.92 Å². The SMILES string of the molecule is CN(C(=O)CC1CNC1)C(C)(C)C(=O)O. The molecule has 1 heterocycles. The lowest BCUT2D eigenvalue weighted by Gasteiger charge is -2.34. The second-order valence-corrected chi connectivity index (χ2v) is 4.55. The summed E-state index contributed by atoms with van der Waals surface area (Å²) in [5.41, 5.74) is -1.13. The second-order valence-electron chi connectivity index (χ2n) is 4.55. The third kappa shape index (κ3) is 2.47. The molecule has 0 spiro atoms. The van der Waals surface area contributed by atoms with E-state index >= 15 is 0 Å². The Morgan fingerprint density at radius 1 is 1.47 bits per heavy atom. The van der Waals surface area contributed by atoms with Gasteiger partial charge in [0.05, 0.1) is 0 Å². The van der Waals surface area contributed by atoms with E-state index in [0.717, 1.165) is 13.1 Å². The van der Waals surface area contributed by atoms with Gasteiger partial charge in [-0.2, -0.15) is 0 Å². The predicted molar refractivity (Wildman–Crippen MR) is 55.5 cm³/mol. The lowest BCUT2D eigenvalue weighted by Crippen LogP contribution is -2.53. The number of carbonyl (C=O) groups is 2. The number of carbonyl (C=O) groups excluding carboxylic acids is 1. The summed E-state index contributed by atoms with van der Waals surface area (Å²) >= 11 is 0. The minimum Gasteiger partial charge on any atom is -0.480 e. The highest BCUT2D eigenvalue weighted by Gasteiger charge is 2.36. The predicted octanol–water partition coefficient (Wildman–Crippen LogP) is -0.0825. The molecule has 0 bridgehead atoms. The molecule has 0 atom stereocenters. The van der Waals surface area contributed by atoms with Crippen molar-refractivity contribution >= 4 is 11.9 Å². The lowest BCUT2D eigenvalue weighted by atomic mass is 9.96. The molecule has 1 aliphatic rings. The maximum atomic E-state index is 11.7. The summed E-state index contributed by atoms with van der Waals surface area (Å²) in [7, 11) is 1.54. The van der Waals surface area contributed by atoms with E-state index in [9.17, 15) is 9.59 Å². The molecule has 0 radical (unpaired) electrons. The van der Waals surface area contributed by atoms with Gasteiger partial charge in [0.1, 0.15) is 5.54 Å². The van der Waals surface area contributed by atoms with Gasteiger partial charge in [-0.15, -0.1) is 0 Å². The highest BCUT2D eigenvalue weighted by Crippen LogP contribution is 2.17. The van der Waals surface area contributed by atoms with Crippen LogP contribution in [-0.4, -0.2) is 47.6 Å². The van der Waals surface area contributed by atoms with E-state index in [1.165, 1.54) is 18.7 Å². The van der Waals surface area contributed by atoms with Crippen molar-refractivity contribution in [2.45, 2.75) is 25.8 Å². The summed E-state index contributed by atoms with van der Waals surface area (Å²) in [5.74, 6) is -0.719. The number of amides is 1. The van der Waals surface area contributed by atoms with E-state index in [1.807, 2.05) is 0 Å². The highest BCUT2D eigenvalue weighted by atomic mass is 16.4. The summed E-state index contributed by atoms with van der Waals surface area (Å²) in [6.45, 7) is 4.78. The molecule has 0 saturated carbocycles. The van der Waals surface area contributed by atoms with Crippen molar-refractivity contribution in [3.05, 3.63) is 0 Å². The van der Waals surface area contributed by atoms with E-state index in [4.69, 9.17) is 5.11 Å². The minimum absolute atomic E-state index is 0.103. The monoisotopic (exact) mass is 214 g/mol. The quantitative estimate of drug-likeness (QED) is 0.686. The molecule has 86 valence electrons. The first-order valence-electron chi connectivity index (χ1n) is 5.06. The van der Waals surface area contributed by atoms with Crippen LogP contribution in [0.3, 0.4) is 0 Å². The molecule has 1 saturated heterocycles. The van der Waals surface area contributed by atoms with Gasteiger partial charge in [-0.25, -0.2) is 4.79 Å². The Labute approximate surface area is 89.4 Å². The molecular formula is C10H18N2O3.